The van der Waals surface area contributed by atoms with Crippen molar-refractivity contribution < 1.29 is 44.7 Å². The fourth-order valence-corrected chi connectivity index (χ4v) is 8.66. The first-order valence-corrected chi connectivity index (χ1v) is 20.8. The van der Waals surface area contributed by atoms with Crippen LogP contribution >= 0.6 is 11.6 Å². The lowest BCUT2D eigenvalue weighted by atomic mass is 9.72. The number of benzene rings is 2. The predicted molar refractivity (Wildman–Crippen MR) is 208 cm³/mol. The fraction of sp³-hybridized carbons (Fsp3) is 0.400. The number of sulfonamides is 1. The van der Waals surface area contributed by atoms with Crippen LogP contribution in [-0.4, -0.2) is 69.2 Å². The van der Waals surface area contributed by atoms with E-state index in [0.29, 0.717) is 35.7 Å². The van der Waals surface area contributed by atoms with Gasteiger partial charge in [-0.2, -0.15) is 19.0 Å². The molecule has 7 rings (SSSR count). The van der Waals surface area contributed by atoms with Gasteiger partial charge in [-0.3, -0.25) is 18.9 Å². The molecule has 0 spiro atoms. The SMILES string of the molecule is CC(C)c1nn(CC(=O)NC(Cc2cc(F)cc(F)c2)c2nc(C#CC(O)(CF)CF)ccc2-c2ccc(Cl)c3c(NS(C)(=O)=O)nn(C)c23)c2c1C1CCC1C2(F)F. The van der Waals surface area contributed by atoms with Crippen molar-refractivity contribution in [3.05, 3.63) is 93.0 Å². The zero-order valence-electron chi connectivity index (χ0n) is 32.1. The minimum Gasteiger partial charge on any atom is -0.373 e. The van der Waals surface area contributed by atoms with E-state index in [1.807, 2.05) is 13.8 Å². The molecule has 312 valence electrons. The third-order valence-electron chi connectivity index (χ3n) is 10.6. The van der Waals surface area contributed by atoms with E-state index in [4.69, 9.17) is 11.6 Å². The van der Waals surface area contributed by atoms with Crippen molar-refractivity contribution in [3.63, 3.8) is 0 Å². The molecule has 2 aromatic carbocycles. The van der Waals surface area contributed by atoms with Gasteiger partial charge in [0.25, 0.3) is 5.92 Å². The lowest BCUT2D eigenvalue weighted by Gasteiger charge is -2.34. The summed E-state index contributed by atoms with van der Waals surface area (Å²) in [7, 11) is -2.33. The Morgan fingerprint density at radius 2 is 1.73 bits per heavy atom. The summed E-state index contributed by atoms with van der Waals surface area (Å²) in [5, 5.41) is 22.1. The van der Waals surface area contributed by atoms with E-state index in [2.05, 4.69) is 37.1 Å². The zero-order valence-corrected chi connectivity index (χ0v) is 33.6. The number of fused-ring (bicyclic) bond motifs is 4. The van der Waals surface area contributed by atoms with Crippen LogP contribution in [0.15, 0.2) is 42.5 Å². The third-order valence-corrected chi connectivity index (χ3v) is 11.5. The summed E-state index contributed by atoms with van der Waals surface area (Å²) in [4.78, 5) is 18.8. The van der Waals surface area contributed by atoms with E-state index in [-0.39, 0.29) is 68.2 Å². The first kappa shape index (κ1) is 42.0. The topological polar surface area (TPSA) is 144 Å². The van der Waals surface area contributed by atoms with E-state index < -0.39 is 70.9 Å². The molecule has 0 saturated heterocycles. The Morgan fingerprint density at radius 1 is 1.05 bits per heavy atom. The van der Waals surface area contributed by atoms with Crippen molar-refractivity contribution >= 4 is 44.3 Å². The number of alkyl halides is 4. The number of aromatic nitrogens is 5. The average molecular weight is 862 g/mol. The number of anilines is 1. The molecule has 3 aromatic heterocycles. The fourth-order valence-electron chi connectivity index (χ4n) is 7.93. The molecule has 1 fully saturated rings. The zero-order chi connectivity index (χ0) is 42.8. The van der Waals surface area contributed by atoms with Crippen molar-refractivity contribution in [2.45, 2.75) is 69.1 Å². The molecule has 11 nitrogen and oxygen atoms in total. The summed E-state index contributed by atoms with van der Waals surface area (Å²) in [6.45, 7) is -0.109. The molecule has 3 unspecified atom stereocenters. The average Bonchev–Trinajstić information content (AvgIpc) is 3.71. The summed E-state index contributed by atoms with van der Waals surface area (Å²) in [6, 6.07) is 7.25. The van der Waals surface area contributed by atoms with Crippen LogP contribution in [0.25, 0.3) is 22.0 Å². The molecule has 3 atom stereocenters. The second-order valence-electron chi connectivity index (χ2n) is 15.3. The van der Waals surface area contributed by atoms with Crippen molar-refractivity contribution in [3.8, 4) is 23.0 Å². The number of carbonyl (C=O) groups excluding carboxylic acids is 1. The smallest absolute Gasteiger partial charge is 0.293 e. The Kier molecular flexibility index (Phi) is 11.0. The number of carbonyl (C=O) groups is 1. The minimum absolute atomic E-state index is 0.0294. The maximum Gasteiger partial charge on any atom is 0.293 e. The first-order valence-electron chi connectivity index (χ1n) is 18.5. The number of hydrogen-bond acceptors (Lipinski definition) is 7. The molecule has 1 amide bonds. The van der Waals surface area contributed by atoms with Gasteiger partial charge in [-0.15, -0.1) is 0 Å². The number of rotatable bonds is 12. The van der Waals surface area contributed by atoms with Gasteiger partial charge in [-0.25, -0.2) is 31.0 Å². The Balaban J connectivity index is 1.40. The van der Waals surface area contributed by atoms with Gasteiger partial charge >= 0.3 is 0 Å². The second-order valence-corrected chi connectivity index (χ2v) is 17.5. The molecule has 59 heavy (non-hydrogen) atoms. The molecule has 2 aliphatic rings. The predicted octanol–water partition coefficient (Wildman–Crippen LogP) is 6.98. The second kappa shape index (κ2) is 15.5. The molecule has 0 radical (unpaired) electrons. The van der Waals surface area contributed by atoms with Crippen LogP contribution in [0.5, 0.6) is 0 Å². The standard InChI is InChI=1S/C40H38ClF6N7O4S/c1-20(2)34-32-27-7-9-28(27)40(46,47)37(32)54(50-34)17-31(55)49-30(15-21-13-22(44)16-23(45)14-21)35-25(6-5-24(48-35)11-12-39(56,18-42)19-43)26-8-10-29(41)33-36(26)53(3)51-38(33)52-59(4,57)58/h5-6,8,10,13-14,16,20,27-28,30,56H,7,9,15,17-19H2,1-4H3,(H,49,55)(H,51,52). The maximum absolute atomic E-state index is 15.9. The number of amides is 1. The van der Waals surface area contributed by atoms with Crippen LogP contribution in [0.3, 0.4) is 0 Å². The number of aliphatic hydroxyl groups is 1. The van der Waals surface area contributed by atoms with E-state index in [0.717, 1.165) is 23.1 Å². The normalized spacial score (nSPS) is 17.6. The van der Waals surface area contributed by atoms with Crippen LogP contribution in [0.2, 0.25) is 5.02 Å². The van der Waals surface area contributed by atoms with Gasteiger partial charge in [0.1, 0.15) is 42.9 Å². The summed E-state index contributed by atoms with van der Waals surface area (Å²) in [5.41, 5.74) is -1.37. The number of halogens is 7. The summed E-state index contributed by atoms with van der Waals surface area (Å²) in [5.74, 6) is -2.97. The van der Waals surface area contributed by atoms with Crippen LogP contribution in [-0.2, 0) is 40.8 Å². The molecule has 3 N–H and O–H groups in total. The molecular weight excluding hydrogens is 824 g/mol. The van der Waals surface area contributed by atoms with Crippen molar-refractivity contribution in [1.82, 2.24) is 29.9 Å². The minimum atomic E-state index is -3.85. The molecule has 5 aromatic rings. The van der Waals surface area contributed by atoms with Gasteiger partial charge in [0.15, 0.2) is 11.4 Å². The Morgan fingerprint density at radius 3 is 2.34 bits per heavy atom. The van der Waals surface area contributed by atoms with Gasteiger partial charge in [0, 0.05) is 35.7 Å². The van der Waals surface area contributed by atoms with Gasteiger partial charge in [-0.1, -0.05) is 37.4 Å². The van der Waals surface area contributed by atoms with Crippen LogP contribution < -0.4 is 10.0 Å². The summed E-state index contributed by atoms with van der Waals surface area (Å²) in [6.07, 6.45) is 1.48. The van der Waals surface area contributed by atoms with Crippen LogP contribution in [0, 0.1) is 29.4 Å². The molecule has 0 aliphatic heterocycles. The molecular formula is C40H38ClF6N7O4S. The highest BCUT2D eigenvalue weighted by atomic mass is 35.5. The highest BCUT2D eigenvalue weighted by Crippen LogP contribution is 2.63. The van der Waals surface area contributed by atoms with Crippen molar-refractivity contribution in [2.24, 2.45) is 13.0 Å². The Labute approximate surface area is 340 Å². The molecule has 3 heterocycles. The number of aryl methyl sites for hydroxylation is 1. The van der Waals surface area contributed by atoms with Crippen molar-refractivity contribution in [2.75, 3.05) is 24.3 Å². The number of hydrogen-bond donors (Lipinski definition) is 3. The van der Waals surface area contributed by atoms with E-state index in [1.54, 1.807) is 6.07 Å². The highest BCUT2D eigenvalue weighted by Gasteiger charge is 2.61. The summed E-state index contributed by atoms with van der Waals surface area (Å²) < 4.78 is 117. The number of nitrogens with zero attached hydrogens (tertiary/aromatic N) is 5. The number of nitrogens with one attached hydrogen (secondary N) is 2. The summed E-state index contributed by atoms with van der Waals surface area (Å²) >= 11 is 6.59. The molecule has 1 saturated carbocycles. The van der Waals surface area contributed by atoms with Gasteiger partial charge in [-0.05, 0) is 72.9 Å². The molecule has 2 aliphatic carbocycles. The lowest BCUT2D eigenvalue weighted by Crippen LogP contribution is -2.36. The van der Waals surface area contributed by atoms with Crippen LogP contribution in [0.1, 0.15) is 78.5 Å². The number of pyridine rings is 1. The Hall–Kier alpha value is -5.12. The maximum atomic E-state index is 15.9. The Bertz CT molecular complexity index is 2650. The lowest BCUT2D eigenvalue weighted by molar-refractivity contribution is -0.123. The highest BCUT2D eigenvalue weighted by molar-refractivity contribution is 7.92. The van der Waals surface area contributed by atoms with Crippen LogP contribution in [0.4, 0.5) is 32.2 Å². The monoisotopic (exact) mass is 861 g/mol. The molecule has 19 heteroatoms. The largest absolute Gasteiger partial charge is 0.373 e. The van der Waals surface area contributed by atoms with E-state index in [1.165, 1.54) is 29.9 Å². The van der Waals surface area contributed by atoms with Gasteiger partial charge in [0.05, 0.1) is 39.6 Å². The quantitative estimate of drug-likeness (QED) is 0.0908. The van der Waals surface area contributed by atoms with Gasteiger partial charge in [0.2, 0.25) is 15.9 Å². The third kappa shape index (κ3) is 7.99. The van der Waals surface area contributed by atoms with E-state index in [9.17, 15) is 35.9 Å². The molecule has 0 bridgehead atoms. The van der Waals surface area contributed by atoms with E-state index >= 15 is 8.78 Å². The first-order chi connectivity index (χ1) is 27.7. The van der Waals surface area contributed by atoms with Gasteiger partial charge < -0.3 is 10.4 Å². The van der Waals surface area contributed by atoms with Crippen molar-refractivity contribution in [1.29, 1.82) is 0 Å².